The highest BCUT2D eigenvalue weighted by molar-refractivity contribution is 7.89. The van der Waals surface area contributed by atoms with Crippen LogP contribution in [0.15, 0.2) is 53.6 Å². The van der Waals surface area contributed by atoms with Gasteiger partial charge in [0.2, 0.25) is 10.0 Å². The van der Waals surface area contributed by atoms with Crippen molar-refractivity contribution < 1.29 is 21.6 Å². The fourth-order valence-electron chi connectivity index (χ4n) is 2.61. The lowest BCUT2D eigenvalue weighted by Gasteiger charge is -2.22. The molecule has 0 fully saturated rings. The lowest BCUT2D eigenvalue weighted by molar-refractivity contribution is -0.137. The topological polar surface area (TPSA) is 126 Å². The van der Waals surface area contributed by atoms with E-state index >= 15 is 0 Å². The number of amidine groups is 1. The third kappa shape index (κ3) is 7.74. The van der Waals surface area contributed by atoms with Crippen molar-refractivity contribution in [2.75, 3.05) is 11.2 Å². The molecule has 8 nitrogen and oxygen atoms in total. The molecule has 0 saturated heterocycles. The smallest absolute Gasteiger partial charge is 0.382 e. The quantitative estimate of drug-likeness (QED) is 0.219. The van der Waals surface area contributed by atoms with Crippen LogP contribution in [-0.2, 0) is 16.2 Å². The third-order valence-corrected chi connectivity index (χ3v) is 5.22. The normalized spacial score (nSPS) is 13.2. The summed E-state index contributed by atoms with van der Waals surface area (Å²) in [6, 6.07) is 11.1. The molecule has 0 amide bonds. The van der Waals surface area contributed by atoms with E-state index in [4.69, 9.17) is 11.6 Å². The number of para-hydroxylation sites is 1. The van der Waals surface area contributed by atoms with Crippen LogP contribution >= 0.6 is 0 Å². The van der Waals surface area contributed by atoms with Gasteiger partial charge in [-0.25, -0.2) is 24.1 Å². The molecule has 0 saturated carbocycles. The standard InChI is InChI=1S/C19H25F3N6O2S/c1-18(2,3)27-31(29,30)12-28(24)26-17(23)15-6-4-5-7-16(15)25-14-10-8-13(9-11-14)19(20,21)22/h4-11,25,27H,12,24H2,1-3H3,(H2,23,26). The molecule has 12 heteroatoms. The summed E-state index contributed by atoms with van der Waals surface area (Å²) >= 11 is 0. The molecule has 0 aliphatic rings. The van der Waals surface area contributed by atoms with Gasteiger partial charge in [0.05, 0.1) is 5.56 Å². The van der Waals surface area contributed by atoms with Crippen LogP contribution in [0.5, 0.6) is 0 Å². The molecule has 31 heavy (non-hydrogen) atoms. The lowest BCUT2D eigenvalue weighted by Crippen LogP contribution is -2.46. The Kier molecular flexibility index (Phi) is 7.19. The molecule has 0 aromatic heterocycles. The molecular weight excluding hydrogens is 433 g/mol. The van der Waals surface area contributed by atoms with Gasteiger partial charge in [0, 0.05) is 22.5 Å². The van der Waals surface area contributed by atoms with Gasteiger partial charge in [-0.05, 0) is 57.2 Å². The molecular formula is C19H25F3N6O2S. The summed E-state index contributed by atoms with van der Waals surface area (Å²) in [5.41, 5.74) is 5.78. The van der Waals surface area contributed by atoms with Gasteiger partial charge in [0.25, 0.3) is 0 Å². The van der Waals surface area contributed by atoms with Crippen molar-refractivity contribution in [3.05, 3.63) is 59.7 Å². The molecule has 2 rings (SSSR count). The van der Waals surface area contributed by atoms with E-state index in [9.17, 15) is 21.6 Å². The number of nitrogens with two attached hydrogens (primary N) is 2. The van der Waals surface area contributed by atoms with Crippen molar-refractivity contribution >= 4 is 27.2 Å². The van der Waals surface area contributed by atoms with Gasteiger partial charge < -0.3 is 11.1 Å². The van der Waals surface area contributed by atoms with E-state index in [0.29, 0.717) is 22.1 Å². The highest BCUT2D eigenvalue weighted by Gasteiger charge is 2.30. The van der Waals surface area contributed by atoms with E-state index in [-0.39, 0.29) is 5.84 Å². The van der Waals surface area contributed by atoms with Crippen molar-refractivity contribution in [1.29, 1.82) is 0 Å². The van der Waals surface area contributed by atoms with Gasteiger partial charge in [-0.15, -0.1) is 5.10 Å². The average molecular weight is 459 g/mol. The lowest BCUT2D eigenvalue weighted by atomic mass is 10.1. The number of hydrogen-bond acceptors (Lipinski definition) is 6. The number of nitrogens with zero attached hydrogens (tertiary/aromatic N) is 2. The summed E-state index contributed by atoms with van der Waals surface area (Å²) in [5.74, 6) is 4.99. The van der Waals surface area contributed by atoms with Gasteiger partial charge in [-0.1, -0.05) is 12.1 Å². The first kappa shape index (κ1) is 24.4. The number of anilines is 2. The summed E-state index contributed by atoms with van der Waals surface area (Å²) in [6.07, 6.45) is -4.43. The zero-order valence-corrected chi connectivity index (χ0v) is 18.1. The van der Waals surface area contributed by atoms with Gasteiger partial charge in [0.1, 0.15) is 0 Å². The van der Waals surface area contributed by atoms with Crippen LogP contribution in [-0.4, -0.2) is 30.8 Å². The van der Waals surface area contributed by atoms with E-state index < -0.39 is 33.2 Å². The Morgan fingerprint density at radius 1 is 1.06 bits per heavy atom. The van der Waals surface area contributed by atoms with Crippen LogP contribution in [0.1, 0.15) is 31.9 Å². The van der Waals surface area contributed by atoms with E-state index in [0.717, 1.165) is 12.1 Å². The maximum absolute atomic E-state index is 12.7. The van der Waals surface area contributed by atoms with Crippen LogP contribution in [0.4, 0.5) is 24.5 Å². The monoisotopic (exact) mass is 458 g/mol. The van der Waals surface area contributed by atoms with Gasteiger partial charge in [-0.2, -0.15) is 13.2 Å². The summed E-state index contributed by atoms with van der Waals surface area (Å²) < 4.78 is 64.9. The average Bonchev–Trinajstić information content (AvgIpc) is 2.59. The van der Waals surface area contributed by atoms with Crippen molar-refractivity contribution in [2.45, 2.75) is 32.5 Å². The molecule has 0 aliphatic heterocycles. The maximum atomic E-state index is 12.7. The number of rotatable bonds is 7. The minimum absolute atomic E-state index is 0.0801. The Morgan fingerprint density at radius 3 is 2.19 bits per heavy atom. The second-order valence-corrected chi connectivity index (χ2v) is 9.46. The largest absolute Gasteiger partial charge is 0.416 e. The number of hydrogen-bond donors (Lipinski definition) is 4. The number of sulfonamides is 1. The number of halogens is 3. The fourth-order valence-corrected chi connectivity index (χ4v) is 4.01. The Morgan fingerprint density at radius 2 is 1.65 bits per heavy atom. The van der Waals surface area contributed by atoms with Crippen molar-refractivity contribution in [3.63, 3.8) is 0 Å². The number of alkyl halides is 3. The van der Waals surface area contributed by atoms with E-state index in [1.165, 1.54) is 12.1 Å². The Bertz CT molecular complexity index is 1030. The zero-order valence-electron chi connectivity index (χ0n) is 17.2. The van der Waals surface area contributed by atoms with Crippen LogP contribution in [0, 0.1) is 0 Å². The number of hydrazine groups is 1. The maximum Gasteiger partial charge on any atom is 0.416 e. The number of benzene rings is 2. The first-order valence-electron chi connectivity index (χ1n) is 9.08. The molecule has 0 heterocycles. The zero-order chi connectivity index (χ0) is 23.4. The molecule has 0 spiro atoms. The van der Waals surface area contributed by atoms with Crippen molar-refractivity contribution in [3.8, 4) is 0 Å². The molecule has 0 unspecified atom stereocenters. The molecule has 0 bridgehead atoms. The van der Waals surface area contributed by atoms with Gasteiger partial charge in [-0.3, -0.25) is 0 Å². The van der Waals surface area contributed by atoms with Crippen molar-refractivity contribution in [1.82, 2.24) is 9.84 Å². The van der Waals surface area contributed by atoms with Crippen molar-refractivity contribution in [2.24, 2.45) is 16.7 Å². The summed E-state index contributed by atoms with van der Waals surface area (Å²) in [7, 11) is -3.76. The predicted octanol–water partition coefficient (Wildman–Crippen LogP) is 2.92. The summed E-state index contributed by atoms with van der Waals surface area (Å²) in [5, 5.41) is 7.57. The second-order valence-electron chi connectivity index (χ2n) is 7.77. The predicted molar refractivity (Wildman–Crippen MR) is 115 cm³/mol. The second kappa shape index (κ2) is 9.12. The molecule has 170 valence electrons. The minimum atomic E-state index is -4.43. The molecule has 0 aliphatic carbocycles. The molecule has 2 aromatic carbocycles. The first-order valence-corrected chi connectivity index (χ1v) is 10.7. The SMILES string of the molecule is CC(C)(C)NS(=O)(=O)CN(N)/N=C(\N)c1ccccc1Nc1ccc(C(F)(F)F)cc1. The van der Waals surface area contributed by atoms with Gasteiger partial charge >= 0.3 is 6.18 Å². The number of nitrogens with one attached hydrogen (secondary N) is 2. The Hall–Kier alpha value is -2.83. The Balaban J connectivity index is 2.20. The van der Waals surface area contributed by atoms with Crippen LogP contribution < -0.4 is 21.6 Å². The Labute approximate surface area is 179 Å². The van der Waals surface area contributed by atoms with E-state index in [1.807, 2.05) is 0 Å². The van der Waals surface area contributed by atoms with Crippen LogP contribution in [0.25, 0.3) is 0 Å². The summed E-state index contributed by atoms with van der Waals surface area (Å²) in [4.78, 5) is 0. The summed E-state index contributed by atoms with van der Waals surface area (Å²) in [6.45, 7) is 5.06. The first-order chi connectivity index (χ1) is 14.2. The highest BCUT2D eigenvalue weighted by atomic mass is 32.2. The highest BCUT2D eigenvalue weighted by Crippen LogP contribution is 2.30. The van der Waals surface area contributed by atoms with E-state index in [1.54, 1.807) is 45.0 Å². The van der Waals surface area contributed by atoms with Crippen LogP contribution in [0.3, 0.4) is 0 Å². The molecule has 6 N–H and O–H groups in total. The molecule has 2 aromatic rings. The molecule has 0 radical (unpaired) electrons. The van der Waals surface area contributed by atoms with E-state index in [2.05, 4.69) is 15.1 Å². The van der Waals surface area contributed by atoms with Crippen LogP contribution in [0.2, 0.25) is 0 Å². The fraction of sp³-hybridized carbons (Fsp3) is 0.316. The molecule has 0 atom stereocenters. The third-order valence-electron chi connectivity index (χ3n) is 3.69. The number of hydrazone groups is 1. The minimum Gasteiger partial charge on any atom is -0.382 e. The van der Waals surface area contributed by atoms with Gasteiger partial charge in [0.15, 0.2) is 11.7 Å².